The van der Waals surface area contributed by atoms with E-state index in [2.05, 4.69) is 10.4 Å². The number of carbonyl (C=O) groups excluding carboxylic acids is 1. The van der Waals surface area contributed by atoms with E-state index in [1.54, 1.807) is 29.2 Å². The molecule has 0 radical (unpaired) electrons. The number of aromatic nitrogens is 2. The molecule has 0 unspecified atom stereocenters. The fourth-order valence-electron chi connectivity index (χ4n) is 2.80. The van der Waals surface area contributed by atoms with Gasteiger partial charge in [0.1, 0.15) is 22.9 Å². The average molecular weight is 528 g/mol. The maximum absolute atomic E-state index is 14.2. The summed E-state index contributed by atoms with van der Waals surface area (Å²) in [7, 11) is 0. The molecule has 3 rings (SSSR count). The predicted molar refractivity (Wildman–Crippen MR) is 116 cm³/mol. The number of primary amides is 1. The highest BCUT2D eigenvalue weighted by molar-refractivity contribution is 14.1. The number of nitrogens with zero attached hydrogens (tertiary/aromatic N) is 2. The third kappa shape index (κ3) is 5.66. The molecule has 1 atom stereocenters. The zero-order chi connectivity index (χ0) is 21.7. The Kier molecular flexibility index (Phi) is 7.21. The van der Waals surface area contributed by atoms with Gasteiger partial charge in [0.2, 0.25) is 0 Å². The molecular formula is C20H19F2IN4O3. The van der Waals surface area contributed by atoms with Crippen molar-refractivity contribution in [2.24, 2.45) is 5.73 Å². The Hall–Kier alpha value is -2.73. The molecule has 0 spiro atoms. The molecule has 1 aromatic heterocycles. The van der Waals surface area contributed by atoms with Crippen molar-refractivity contribution >= 4 is 39.9 Å². The van der Waals surface area contributed by atoms with Gasteiger partial charge in [-0.2, -0.15) is 5.10 Å². The summed E-state index contributed by atoms with van der Waals surface area (Å²) >= 11 is 1.96. The van der Waals surface area contributed by atoms with Crippen LogP contribution in [0.5, 0.6) is 5.75 Å². The molecule has 1 amide bonds. The first kappa shape index (κ1) is 22.0. The highest BCUT2D eigenvalue weighted by Crippen LogP contribution is 2.31. The highest BCUT2D eigenvalue weighted by atomic mass is 127. The van der Waals surface area contributed by atoms with E-state index in [1.807, 2.05) is 22.6 Å². The number of rotatable bonds is 9. The Labute approximate surface area is 185 Å². The molecule has 0 aliphatic heterocycles. The molecule has 0 saturated heterocycles. The second-order valence-corrected chi connectivity index (χ2v) is 7.70. The van der Waals surface area contributed by atoms with Crippen LogP contribution in [0.3, 0.4) is 0 Å². The smallest absolute Gasteiger partial charge is 0.254 e. The molecule has 1 heterocycles. The largest absolute Gasteiger partial charge is 0.492 e. The molecule has 158 valence electrons. The lowest BCUT2D eigenvalue weighted by atomic mass is 10.1. The molecule has 0 fully saturated rings. The van der Waals surface area contributed by atoms with E-state index in [0.717, 1.165) is 12.1 Å². The quantitative estimate of drug-likeness (QED) is 0.370. The third-order valence-electron chi connectivity index (χ3n) is 4.18. The average Bonchev–Trinajstić information content (AvgIpc) is 3.16. The van der Waals surface area contributed by atoms with Gasteiger partial charge in [0.15, 0.2) is 0 Å². The minimum atomic E-state index is -0.865. The zero-order valence-electron chi connectivity index (χ0n) is 15.7. The van der Waals surface area contributed by atoms with Crippen LogP contribution in [0.1, 0.15) is 16.8 Å². The van der Waals surface area contributed by atoms with Crippen LogP contribution in [-0.4, -0.2) is 33.5 Å². The Morgan fingerprint density at radius 2 is 2.10 bits per heavy atom. The highest BCUT2D eigenvalue weighted by Gasteiger charge is 2.19. The van der Waals surface area contributed by atoms with E-state index in [4.69, 9.17) is 10.5 Å². The van der Waals surface area contributed by atoms with Gasteiger partial charge in [-0.25, -0.2) is 8.78 Å². The van der Waals surface area contributed by atoms with Crippen LogP contribution in [0.15, 0.2) is 48.8 Å². The van der Waals surface area contributed by atoms with E-state index >= 15 is 0 Å². The molecule has 2 aromatic carbocycles. The predicted octanol–water partition coefficient (Wildman–Crippen LogP) is 3.44. The lowest BCUT2D eigenvalue weighted by molar-refractivity contribution is 0.0993. The topological polar surface area (TPSA) is 102 Å². The number of benzene rings is 2. The van der Waals surface area contributed by atoms with Gasteiger partial charge in [0.25, 0.3) is 5.91 Å². The van der Waals surface area contributed by atoms with Crippen molar-refractivity contribution in [3.63, 3.8) is 0 Å². The fraction of sp³-hybridized carbons (Fsp3) is 0.200. The number of ether oxygens (including phenoxy) is 1. The van der Waals surface area contributed by atoms with Gasteiger partial charge < -0.3 is 20.9 Å². The summed E-state index contributed by atoms with van der Waals surface area (Å²) in [6, 6.07) is 8.23. The number of carbonyl (C=O) groups is 1. The van der Waals surface area contributed by atoms with Gasteiger partial charge in [-0.15, -0.1) is 0 Å². The third-order valence-corrected chi connectivity index (χ3v) is 4.85. The summed E-state index contributed by atoms with van der Waals surface area (Å²) in [4.78, 5) is 12.0. The van der Waals surface area contributed by atoms with E-state index in [-0.39, 0.29) is 42.3 Å². The molecule has 4 N–H and O–H groups in total. The van der Waals surface area contributed by atoms with Crippen LogP contribution >= 0.6 is 22.6 Å². The van der Waals surface area contributed by atoms with Crippen LogP contribution in [0.2, 0.25) is 0 Å². The molecule has 7 nitrogen and oxygen atoms in total. The summed E-state index contributed by atoms with van der Waals surface area (Å²) in [6.07, 6.45) is 2.76. The summed E-state index contributed by atoms with van der Waals surface area (Å²) in [5, 5.41) is 16.8. The maximum atomic E-state index is 14.2. The van der Waals surface area contributed by atoms with Crippen molar-refractivity contribution in [3.8, 4) is 5.75 Å². The second kappa shape index (κ2) is 9.85. The van der Waals surface area contributed by atoms with Crippen LogP contribution in [0, 0.1) is 15.2 Å². The monoisotopic (exact) mass is 528 g/mol. The Bertz CT molecular complexity index is 1030. The van der Waals surface area contributed by atoms with Crippen molar-refractivity contribution in [2.45, 2.75) is 19.1 Å². The van der Waals surface area contributed by atoms with E-state index in [0.29, 0.717) is 3.57 Å². The number of halogens is 3. The molecule has 10 heteroatoms. The molecule has 3 aromatic rings. The van der Waals surface area contributed by atoms with E-state index < -0.39 is 23.6 Å². The number of nitrogens with two attached hydrogens (primary N) is 1. The van der Waals surface area contributed by atoms with Crippen molar-refractivity contribution in [3.05, 3.63) is 69.6 Å². The summed E-state index contributed by atoms with van der Waals surface area (Å²) in [6.45, 7) is 0.268. The standard InChI is InChI=1S/C20H19F2IN4O3/c21-12-8-17(26-16-3-2-13(23)10-15(16)22)19(20(24)29)18(9-12)30-7-4-14(28)11-27-6-1-5-25-27/h1-3,5-6,8-10,14,26,28H,4,7,11H2,(H2,24,29)/t14-/m1/s1. The Morgan fingerprint density at radius 3 is 2.77 bits per heavy atom. The Morgan fingerprint density at radius 1 is 1.30 bits per heavy atom. The minimum absolute atomic E-state index is 0.00347. The van der Waals surface area contributed by atoms with Crippen LogP contribution in [0.4, 0.5) is 20.2 Å². The van der Waals surface area contributed by atoms with Crippen molar-refractivity contribution in [1.82, 2.24) is 9.78 Å². The summed E-state index contributed by atoms with van der Waals surface area (Å²) in [5.74, 6) is -2.22. The van der Waals surface area contributed by atoms with E-state index in [1.165, 1.54) is 12.1 Å². The van der Waals surface area contributed by atoms with Crippen molar-refractivity contribution in [2.75, 3.05) is 11.9 Å². The van der Waals surface area contributed by atoms with Gasteiger partial charge in [0.05, 0.1) is 30.6 Å². The van der Waals surface area contributed by atoms with Gasteiger partial charge in [0, 0.05) is 28.5 Å². The summed E-state index contributed by atoms with van der Waals surface area (Å²) < 4.78 is 36.1. The lowest BCUT2D eigenvalue weighted by Gasteiger charge is -2.17. The van der Waals surface area contributed by atoms with E-state index in [9.17, 15) is 18.7 Å². The van der Waals surface area contributed by atoms with Gasteiger partial charge >= 0.3 is 0 Å². The normalized spacial score (nSPS) is 11.9. The van der Waals surface area contributed by atoms with Crippen molar-refractivity contribution < 1.29 is 23.4 Å². The second-order valence-electron chi connectivity index (χ2n) is 6.46. The minimum Gasteiger partial charge on any atom is -0.492 e. The molecule has 0 aliphatic rings. The van der Waals surface area contributed by atoms with Crippen LogP contribution < -0.4 is 15.8 Å². The SMILES string of the molecule is NC(=O)c1c(Nc2ccc(I)cc2F)cc(F)cc1OCC[C@@H](O)Cn1cccn1. The zero-order valence-corrected chi connectivity index (χ0v) is 17.8. The first-order chi connectivity index (χ1) is 14.3. The molecule has 0 aliphatic carbocycles. The van der Waals surface area contributed by atoms with Crippen LogP contribution in [-0.2, 0) is 6.54 Å². The fourth-order valence-corrected chi connectivity index (χ4v) is 3.26. The maximum Gasteiger partial charge on any atom is 0.254 e. The summed E-state index contributed by atoms with van der Waals surface area (Å²) in [5.41, 5.74) is 5.39. The number of anilines is 2. The number of hydrogen-bond donors (Lipinski definition) is 3. The number of aliphatic hydroxyl groups is 1. The number of amides is 1. The number of aliphatic hydroxyl groups excluding tert-OH is 1. The van der Waals surface area contributed by atoms with Gasteiger partial charge in [-0.1, -0.05) is 0 Å². The first-order valence-electron chi connectivity index (χ1n) is 8.97. The number of nitrogens with one attached hydrogen (secondary N) is 1. The van der Waals surface area contributed by atoms with Gasteiger partial charge in [-0.05, 0) is 52.9 Å². The van der Waals surface area contributed by atoms with Crippen molar-refractivity contribution in [1.29, 1.82) is 0 Å². The lowest BCUT2D eigenvalue weighted by Crippen LogP contribution is -2.20. The number of hydrogen-bond acceptors (Lipinski definition) is 5. The Balaban J connectivity index is 1.76. The molecule has 0 bridgehead atoms. The molecule has 30 heavy (non-hydrogen) atoms. The molecule has 0 saturated carbocycles. The van der Waals surface area contributed by atoms with Gasteiger partial charge in [-0.3, -0.25) is 9.48 Å². The first-order valence-corrected chi connectivity index (χ1v) is 10.0. The molecular weight excluding hydrogens is 509 g/mol. The van der Waals surface area contributed by atoms with Crippen LogP contribution in [0.25, 0.3) is 0 Å².